The number of hydrogen-bond acceptors (Lipinski definition) is 5. The van der Waals surface area contributed by atoms with Crippen LogP contribution in [-0.4, -0.2) is 26.8 Å². The van der Waals surface area contributed by atoms with Crippen molar-refractivity contribution < 1.29 is 0 Å². The van der Waals surface area contributed by atoms with E-state index in [0.29, 0.717) is 17.1 Å². The fourth-order valence-corrected chi connectivity index (χ4v) is 3.18. The van der Waals surface area contributed by atoms with Crippen molar-refractivity contribution >= 4 is 21.6 Å². The number of rotatable bonds is 4. The second-order valence-corrected chi connectivity index (χ2v) is 5.90. The first kappa shape index (κ1) is 14.0. The van der Waals surface area contributed by atoms with Crippen molar-refractivity contribution in [3.63, 3.8) is 0 Å². The Morgan fingerprint density at radius 3 is 3.00 bits per heavy atom. The van der Waals surface area contributed by atoms with E-state index in [-0.39, 0.29) is 5.56 Å². The standard InChI is InChI=1S/C14H17N5OS/c1-8-10(6-15-3)9(2)19(18-8)7-12-16-11-4-5-21-13(11)14(20)17-12/h4-5,15H,6-7H2,1-3H3,(H,16,17,20). The minimum atomic E-state index is -0.0815. The van der Waals surface area contributed by atoms with Gasteiger partial charge in [0.05, 0.1) is 17.8 Å². The molecule has 3 rings (SSSR count). The number of aryl methyl sites for hydroxylation is 1. The summed E-state index contributed by atoms with van der Waals surface area (Å²) in [6.07, 6.45) is 0. The van der Waals surface area contributed by atoms with Crippen LogP contribution in [0.4, 0.5) is 0 Å². The maximum atomic E-state index is 12.0. The Morgan fingerprint density at radius 1 is 1.43 bits per heavy atom. The SMILES string of the molecule is CNCc1c(C)nn(Cc2nc3ccsc3c(=O)[nH]2)c1C. The average Bonchev–Trinajstić information content (AvgIpc) is 3.00. The van der Waals surface area contributed by atoms with Gasteiger partial charge in [-0.3, -0.25) is 9.48 Å². The summed E-state index contributed by atoms with van der Waals surface area (Å²) in [5.41, 5.74) is 3.95. The minimum absolute atomic E-state index is 0.0815. The van der Waals surface area contributed by atoms with Gasteiger partial charge < -0.3 is 10.3 Å². The number of H-pyrrole nitrogens is 1. The van der Waals surface area contributed by atoms with E-state index in [2.05, 4.69) is 20.4 Å². The minimum Gasteiger partial charge on any atom is -0.316 e. The lowest BCUT2D eigenvalue weighted by molar-refractivity contribution is 0.631. The van der Waals surface area contributed by atoms with E-state index in [1.54, 1.807) is 0 Å². The van der Waals surface area contributed by atoms with E-state index in [9.17, 15) is 4.79 Å². The molecule has 0 saturated carbocycles. The molecule has 3 aromatic heterocycles. The molecule has 0 aliphatic carbocycles. The Morgan fingerprint density at radius 2 is 2.24 bits per heavy atom. The van der Waals surface area contributed by atoms with Crippen LogP contribution >= 0.6 is 11.3 Å². The van der Waals surface area contributed by atoms with Crippen LogP contribution in [0, 0.1) is 13.8 Å². The van der Waals surface area contributed by atoms with Crippen LogP contribution < -0.4 is 10.9 Å². The summed E-state index contributed by atoms with van der Waals surface area (Å²) in [4.78, 5) is 19.3. The van der Waals surface area contributed by atoms with Crippen LogP contribution in [0.1, 0.15) is 22.8 Å². The zero-order valence-electron chi connectivity index (χ0n) is 12.2. The smallest absolute Gasteiger partial charge is 0.268 e. The molecule has 0 amide bonds. The summed E-state index contributed by atoms with van der Waals surface area (Å²) in [5, 5.41) is 9.57. The van der Waals surface area contributed by atoms with Crippen molar-refractivity contribution in [2.75, 3.05) is 7.05 Å². The van der Waals surface area contributed by atoms with Gasteiger partial charge in [-0.2, -0.15) is 5.10 Å². The highest BCUT2D eigenvalue weighted by Gasteiger charge is 2.12. The van der Waals surface area contributed by atoms with Crippen molar-refractivity contribution in [3.8, 4) is 0 Å². The average molecular weight is 303 g/mol. The second kappa shape index (κ2) is 5.42. The molecule has 6 nitrogen and oxygen atoms in total. The molecule has 0 saturated heterocycles. The first-order valence-corrected chi connectivity index (χ1v) is 7.62. The molecule has 0 unspecified atom stereocenters. The molecule has 0 spiro atoms. The third kappa shape index (κ3) is 2.50. The number of hydrogen-bond donors (Lipinski definition) is 2. The second-order valence-electron chi connectivity index (χ2n) is 4.98. The first-order chi connectivity index (χ1) is 10.1. The predicted molar refractivity (Wildman–Crippen MR) is 83.8 cm³/mol. The fraction of sp³-hybridized carbons (Fsp3) is 0.357. The Labute approximate surface area is 125 Å². The van der Waals surface area contributed by atoms with Gasteiger partial charge in [-0.15, -0.1) is 11.3 Å². The molecule has 0 aliphatic heterocycles. The van der Waals surface area contributed by atoms with Crippen molar-refractivity contribution in [3.05, 3.63) is 44.6 Å². The molecule has 3 heterocycles. The van der Waals surface area contributed by atoms with Gasteiger partial charge in [0.1, 0.15) is 10.5 Å². The zero-order chi connectivity index (χ0) is 15.0. The van der Waals surface area contributed by atoms with E-state index < -0.39 is 0 Å². The van der Waals surface area contributed by atoms with Crippen molar-refractivity contribution in [2.24, 2.45) is 0 Å². The van der Waals surface area contributed by atoms with Crippen LogP contribution in [-0.2, 0) is 13.1 Å². The van der Waals surface area contributed by atoms with Crippen LogP contribution in [0.25, 0.3) is 10.2 Å². The molecule has 0 radical (unpaired) electrons. The van der Waals surface area contributed by atoms with Crippen LogP contribution in [0.2, 0.25) is 0 Å². The molecule has 0 aromatic carbocycles. The molecule has 0 atom stereocenters. The lowest BCUT2D eigenvalue weighted by Gasteiger charge is -2.05. The normalized spacial score (nSPS) is 11.4. The maximum absolute atomic E-state index is 12.0. The monoisotopic (exact) mass is 303 g/mol. The van der Waals surface area contributed by atoms with Crippen molar-refractivity contribution in [1.82, 2.24) is 25.1 Å². The number of thiophene rings is 1. The molecule has 2 N–H and O–H groups in total. The Bertz CT molecular complexity index is 845. The number of aromatic amines is 1. The van der Waals surface area contributed by atoms with Gasteiger partial charge in [-0.25, -0.2) is 4.98 Å². The number of nitrogens with zero attached hydrogens (tertiary/aromatic N) is 3. The highest BCUT2D eigenvalue weighted by atomic mass is 32.1. The summed E-state index contributed by atoms with van der Waals surface area (Å²) in [5.74, 6) is 0.632. The third-order valence-electron chi connectivity index (χ3n) is 3.55. The summed E-state index contributed by atoms with van der Waals surface area (Å²) in [6, 6.07) is 1.87. The van der Waals surface area contributed by atoms with Gasteiger partial charge in [-0.1, -0.05) is 0 Å². The van der Waals surface area contributed by atoms with E-state index >= 15 is 0 Å². The van der Waals surface area contributed by atoms with Crippen LogP contribution in [0.5, 0.6) is 0 Å². The van der Waals surface area contributed by atoms with Gasteiger partial charge >= 0.3 is 0 Å². The van der Waals surface area contributed by atoms with Gasteiger partial charge in [0, 0.05) is 17.8 Å². The Kier molecular flexibility index (Phi) is 3.60. The van der Waals surface area contributed by atoms with Crippen molar-refractivity contribution in [2.45, 2.75) is 26.9 Å². The van der Waals surface area contributed by atoms with Gasteiger partial charge in [0.15, 0.2) is 0 Å². The molecule has 21 heavy (non-hydrogen) atoms. The van der Waals surface area contributed by atoms with E-state index in [1.807, 2.05) is 37.0 Å². The summed E-state index contributed by atoms with van der Waals surface area (Å²) in [7, 11) is 1.92. The lowest BCUT2D eigenvalue weighted by Crippen LogP contribution is -2.15. The maximum Gasteiger partial charge on any atom is 0.268 e. The summed E-state index contributed by atoms with van der Waals surface area (Å²) < 4.78 is 2.56. The number of fused-ring (bicyclic) bond motifs is 1. The van der Waals surface area contributed by atoms with E-state index in [4.69, 9.17) is 0 Å². The zero-order valence-corrected chi connectivity index (χ0v) is 13.0. The van der Waals surface area contributed by atoms with Gasteiger partial charge in [0.25, 0.3) is 5.56 Å². The predicted octanol–water partition coefficient (Wildman–Crippen LogP) is 1.57. The number of nitrogens with one attached hydrogen (secondary N) is 2. The van der Waals surface area contributed by atoms with Crippen LogP contribution in [0.15, 0.2) is 16.2 Å². The largest absolute Gasteiger partial charge is 0.316 e. The highest BCUT2D eigenvalue weighted by Crippen LogP contribution is 2.16. The van der Waals surface area contributed by atoms with Crippen LogP contribution in [0.3, 0.4) is 0 Å². The highest BCUT2D eigenvalue weighted by molar-refractivity contribution is 7.17. The summed E-state index contributed by atoms with van der Waals surface area (Å²) in [6.45, 7) is 5.28. The lowest BCUT2D eigenvalue weighted by atomic mass is 10.2. The molecule has 7 heteroatoms. The van der Waals surface area contributed by atoms with Gasteiger partial charge in [-0.05, 0) is 32.3 Å². The third-order valence-corrected chi connectivity index (χ3v) is 4.45. The Balaban J connectivity index is 1.98. The molecule has 110 valence electrons. The van der Waals surface area contributed by atoms with Gasteiger partial charge in [0.2, 0.25) is 0 Å². The first-order valence-electron chi connectivity index (χ1n) is 6.74. The molecular weight excluding hydrogens is 286 g/mol. The summed E-state index contributed by atoms with van der Waals surface area (Å²) >= 11 is 1.41. The fourth-order valence-electron chi connectivity index (χ4n) is 2.46. The molecule has 0 aliphatic rings. The number of aromatic nitrogens is 4. The van der Waals surface area contributed by atoms with Crippen molar-refractivity contribution in [1.29, 1.82) is 0 Å². The molecular formula is C14H17N5OS. The Hall–Kier alpha value is -1.99. The van der Waals surface area contributed by atoms with E-state index in [1.165, 1.54) is 16.9 Å². The molecule has 0 fully saturated rings. The van der Waals surface area contributed by atoms with E-state index in [0.717, 1.165) is 23.4 Å². The molecule has 0 bridgehead atoms. The quantitative estimate of drug-likeness (QED) is 0.767. The molecule has 3 aromatic rings. The topological polar surface area (TPSA) is 75.6 Å².